The second-order valence-electron chi connectivity index (χ2n) is 5.69. The van der Waals surface area contributed by atoms with Gasteiger partial charge in [-0.2, -0.15) is 0 Å². The second-order valence-corrected chi connectivity index (χ2v) is 5.69. The molecular weight excluding hydrogens is 216 g/mol. The summed E-state index contributed by atoms with van der Waals surface area (Å²) in [4.78, 5) is 0. The van der Waals surface area contributed by atoms with Gasteiger partial charge in [0.05, 0.1) is 0 Å². The van der Waals surface area contributed by atoms with Gasteiger partial charge in [-0.25, -0.2) is 0 Å². The molecule has 0 aliphatic heterocycles. The fourth-order valence-corrected chi connectivity index (χ4v) is 1.80. The van der Waals surface area contributed by atoms with E-state index in [-0.39, 0.29) is 5.41 Å². The van der Waals surface area contributed by atoms with E-state index in [0.717, 1.165) is 0 Å². The largest absolute Gasteiger partial charge is 0.0785 e. The van der Waals surface area contributed by atoms with Gasteiger partial charge in [-0.05, 0) is 28.2 Å². The molecule has 0 saturated carbocycles. The lowest BCUT2D eigenvalue weighted by Crippen LogP contribution is -1.97. The zero-order chi connectivity index (χ0) is 13.0. The third kappa shape index (κ3) is 3.59. The lowest BCUT2D eigenvalue weighted by atomic mass is 9.94. The SMILES string of the molecule is CC(C)(C)/C=C/c1cccc(-c2ccccc2)c1. The van der Waals surface area contributed by atoms with Crippen LogP contribution in [-0.4, -0.2) is 0 Å². The topological polar surface area (TPSA) is 0 Å². The van der Waals surface area contributed by atoms with Gasteiger partial charge >= 0.3 is 0 Å². The molecule has 2 aromatic rings. The molecule has 0 aromatic heterocycles. The zero-order valence-corrected chi connectivity index (χ0v) is 11.4. The number of hydrogen-bond acceptors (Lipinski definition) is 0. The van der Waals surface area contributed by atoms with Crippen molar-refractivity contribution in [1.29, 1.82) is 0 Å². The molecule has 92 valence electrons. The van der Waals surface area contributed by atoms with E-state index in [2.05, 4.69) is 81.5 Å². The number of hydrogen-bond donors (Lipinski definition) is 0. The Balaban J connectivity index is 2.29. The second kappa shape index (κ2) is 5.22. The average Bonchev–Trinajstić information content (AvgIpc) is 2.37. The Kier molecular flexibility index (Phi) is 3.66. The summed E-state index contributed by atoms with van der Waals surface area (Å²) in [5, 5.41) is 0. The van der Waals surface area contributed by atoms with Crippen molar-refractivity contribution in [2.75, 3.05) is 0 Å². The maximum atomic E-state index is 2.25. The first-order valence-electron chi connectivity index (χ1n) is 6.39. The molecule has 0 amide bonds. The van der Waals surface area contributed by atoms with Crippen molar-refractivity contribution in [2.45, 2.75) is 20.8 Å². The highest BCUT2D eigenvalue weighted by Gasteiger charge is 2.03. The predicted molar refractivity (Wildman–Crippen MR) is 80.4 cm³/mol. The highest BCUT2D eigenvalue weighted by Crippen LogP contribution is 2.22. The van der Waals surface area contributed by atoms with Gasteiger partial charge in [0.1, 0.15) is 0 Å². The van der Waals surface area contributed by atoms with Crippen molar-refractivity contribution in [3.8, 4) is 11.1 Å². The molecule has 0 aliphatic rings. The molecule has 0 heteroatoms. The zero-order valence-electron chi connectivity index (χ0n) is 11.4. The van der Waals surface area contributed by atoms with Crippen LogP contribution in [0.1, 0.15) is 26.3 Å². The predicted octanol–water partition coefficient (Wildman–Crippen LogP) is 5.41. The Hall–Kier alpha value is -1.82. The Morgan fingerprint density at radius 3 is 2.11 bits per heavy atom. The van der Waals surface area contributed by atoms with Gasteiger partial charge < -0.3 is 0 Å². The fourth-order valence-electron chi connectivity index (χ4n) is 1.80. The molecule has 0 fully saturated rings. The molecule has 2 aromatic carbocycles. The van der Waals surface area contributed by atoms with Crippen LogP contribution >= 0.6 is 0 Å². The summed E-state index contributed by atoms with van der Waals surface area (Å²) in [6.07, 6.45) is 4.45. The van der Waals surface area contributed by atoms with Gasteiger partial charge in [-0.1, -0.05) is 81.5 Å². The van der Waals surface area contributed by atoms with E-state index < -0.39 is 0 Å². The fraction of sp³-hybridized carbons (Fsp3) is 0.222. The van der Waals surface area contributed by atoms with E-state index >= 15 is 0 Å². The summed E-state index contributed by atoms with van der Waals surface area (Å²) in [6, 6.07) is 19.1. The molecule has 0 radical (unpaired) electrons. The van der Waals surface area contributed by atoms with Crippen molar-refractivity contribution in [2.24, 2.45) is 5.41 Å². The molecule has 0 nitrogen and oxygen atoms in total. The minimum absolute atomic E-state index is 0.225. The highest BCUT2D eigenvalue weighted by molar-refractivity contribution is 5.67. The first-order valence-corrected chi connectivity index (χ1v) is 6.39. The van der Waals surface area contributed by atoms with Crippen LogP contribution in [0.4, 0.5) is 0 Å². The molecule has 0 saturated heterocycles. The van der Waals surface area contributed by atoms with Gasteiger partial charge in [-0.3, -0.25) is 0 Å². The Bertz CT molecular complexity index is 527. The van der Waals surface area contributed by atoms with Crippen molar-refractivity contribution in [3.05, 3.63) is 66.2 Å². The number of allylic oxidation sites excluding steroid dienone is 1. The quantitative estimate of drug-likeness (QED) is 0.653. The summed E-state index contributed by atoms with van der Waals surface area (Å²) < 4.78 is 0. The lowest BCUT2D eigenvalue weighted by Gasteiger charge is -2.11. The first-order chi connectivity index (χ1) is 8.54. The first kappa shape index (κ1) is 12.6. The molecule has 0 N–H and O–H groups in total. The normalized spacial score (nSPS) is 11.9. The van der Waals surface area contributed by atoms with Crippen LogP contribution in [0.5, 0.6) is 0 Å². The van der Waals surface area contributed by atoms with Gasteiger partial charge in [0.2, 0.25) is 0 Å². The summed E-state index contributed by atoms with van der Waals surface area (Å²) in [5.41, 5.74) is 4.02. The maximum absolute atomic E-state index is 2.25. The number of rotatable bonds is 2. The monoisotopic (exact) mass is 236 g/mol. The van der Waals surface area contributed by atoms with Crippen molar-refractivity contribution in [1.82, 2.24) is 0 Å². The Morgan fingerprint density at radius 1 is 0.778 bits per heavy atom. The molecule has 0 spiro atoms. The Morgan fingerprint density at radius 2 is 1.44 bits per heavy atom. The van der Waals surface area contributed by atoms with Crippen molar-refractivity contribution in [3.63, 3.8) is 0 Å². The number of benzene rings is 2. The molecule has 0 aliphatic carbocycles. The minimum atomic E-state index is 0.225. The van der Waals surface area contributed by atoms with E-state index in [4.69, 9.17) is 0 Å². The van der Waals surface area contributed by atoms with Crippen LogP contribution in [0.25, 0.3) is 17.2 Å². The summed E-state index contributed by atoms with van der Waals surface area (Å²) in [7, 11) is 0. The molecule has 0 atom stereocenters. The van der Waals surface area contributed by atoms with Gasteiger partial charge in [-0.15, -0.1) is 0 Å². The van der Waals surface area contributed by atoms with Crippen LogP contribution in [-0.2, 0) is 0 Å². The average molecular weight is 236 g/mol. The standard InChI is InChI=1S/C18H20/c1-18(2,3)13-12-15-8-7-11-17(14-15)16-9-5-4-6-10-16/h4-14H,1-3H3/b13-12+. The maximum Gasteiger partial charge on any atom is -0.0178 e. The van der Waals surface area contributed by atoms with Crippen LogP contribution in [0.2, 0.25) is 0 Å². The van der Waals surface area contributed by atoms with E-state index in [0.29, 0.717) is 0 Å². The molecule has 0 heterocycles. The molecule has 2 rings (SSSR count). The third-order valence-corrected chi connectivity index (χ3v) is 2.77. The summed E-state index contributed by atoms with van der Waals surface area (Å²) >= 11 is 0. The van der Waals surface area contributed by atoms with Crippen molar-refractivity contribution < 1.29 is 0 Å². The van der Waals surface area contributed by atoms with E-state index in [9.17, 15) is 0 Å². The summed E-state index contributed by atoms with van der Waals surface area (Å²) in [6.45, 7) is 6.64. The smallest absolute Gasteiger partial charge is 0.0178 e. The van der Waals surface area contributed by atoms with Gasteiger partial charge in [0.25, 0.3) is 0 Å². The van der Waals surface area contributed by atoms with Gasteiger partial charge in [0, 0.05) is 0 Å². The van der Waals surface area contributed by atoms with Crippen LogP contribution in [0, 0.1) is 5.41 Å². The van der Waals surface area contributed by atoms with E-state index in [1.54, 1.807) is 0 Å². The van der Waals surface area contributed by atoms with Crippen LogP contribution < -0.4 is 0 Å². The van der Waals surface area contributed by atoms with E-state index in [1.807, 2.05) is 6.07 Å². The third-order valence-electron chi connectivity index (χ3n) is 2.77. The van der Waals surface area contributed by atoms with Crippen LogP contribution in [0.15, 0.2) is 60.7 Å². The van der Waals surface area contributed by atoms with Crippen molar-refractivity contribution >= 4 is 6.08 Å². The Labute approximate surface area is 110 Å². The van der Waals surface area contributed by atoms with E-state index in [1.165, 1.54) is 16.7 Å². The highest BCUT2D eigenvalue weighted by atomic mass is 14.1. The molecule has 0 unspecified atom stereocenters. The molecule has 0 bridgehead atoms. The minimum Gasteiger partial charge on any atom is -0.0785 e. The lowest BCUT2D eigenvalue weighted by molar-refractivity contribution is 0.547. The molecule has 18 heavy (non-hydrogen) atoms. The molecular formula is C18H20. The van der Waals surface area contributed by atoms with Gasteiger partial charge in [0.15, 0.2) is 0 Å². The summed E-state index contributed by atoms with van der Waals surface area (Å²) in [5.74, 6) is 0. The van der Waals surface area contributed by atoms with Crippen LogP contribution in [0.3, 0.4) is 0 Å².